The number of piperazine rings is 1. The average Bonchev–Trinajstić information content (AvgIpc) is 3.53. The van der Waals surface area contributed by atoms with Crippen molar-refractivity contribution in [1.82, 2.24) is 29.8 Å². The second-order valence-electron chi connectivity index (χ2n) is 12.8. The lowest BCUT2D eigenvalue weighted by Crippen LogP contribution is -2.49. The maximum Gasteiger partial charge on any atom is 0.335 e. The molecule has 1 aromatic carbocycles. The van der Waals surface area contributed by atoms with Crippen molar-refractivity contribution >= 4 is 46.4 Å². The quantitative estimate of drug-likeness (QED) is 0.178. The smallest absolute Gasteiger partial charge is 0.335 e. The zero-order chi connectivity index (χ0) is 36.8. The van der Waals surface area contributed by atoms with E-state index in [1.54, 1.807) is 57.5 Å². The van der Waals surface area contributed by atoms with E-state index in [0.717, 1.165) is 17.0 Å². The van der Waals surface area contributed by atoms with Gasteiger partial charge in [-0.25, -0.2) is 19.7 Å². The molecule has 5 heterocycles. The highest BCUT2D eigenvalue weighted by Crippen LogP contribution is 2.35. The Balaban J connectivity index is 1.54. The van der Waals surface area contributed by atoms with Crippen molar-refractivity contribution in [3.8, 4) is 0 Å². The molecule has 0 saturated carbocycles. The van der Waals surface area contributed by atoms with Crippen LogP contribution in [0.1, 0.15) is 33.3 Å². The highest BCUT2D eigenvalue weighted by atomic mass is 16.5. The van der Waals surface area contributed by atoms with Crippen LogP contribution in [0.5, 0.6) is 0 Å². The Labute approximate surface area is 302 Å². The van der Waals surface area contributed by atoms with Crippen LogP contribution >= 0.6 is 0 Å². The summed E-state index contributed by atoms with van der Waals surface area (Å²) in [6.45, 7) is 7.20. The molecule has 278 valence electrons. The number of likely N-dealkylation sites (N-methyl/N-ethyl adjacent to an activating group) is 1. The first kappa shape index (κ1) is 36.7. The number of benzene rings is 1. The fourth-order valence-electron chi connectivity index (χ4n) is 6.27. The van der Waals surface area contributed by atoms with E-state index >= 15 is 0 Å². The minimum absolute atomic E-state index is 0.0318. The highest BCUT2D eigenvalue weighted by Gasteiger charge is 2.31. The number of rotatable bonds is 16. The van der Waals surface area contributed by atoms with E-state index in [1.165, 1.54) is 0 Å². The Kier molecular flexibility index (Phi) is 11.6. The van der Waals surface area contributed by atoms with Crippen molar-refractivity contribution in [2.45, 2.75) is 26.4 Å². The molecule has 17 heteroatoms. The van der Waals surface area contributed by atoms with Gasteiger partial charge in [0.25, 0.3) is 0 Å². The zero-order valence-corrected chi connectivity index (χ0v) is 30.4. The number of methoxy groups -OCH3 is 3. The van der Waals surface area contributed by atoms with Crippen LogP contribution in [0, 0.1) is 6.92 Å². The number of carboxylic acid groups (broad SMARTS) is 1. The minimum atomic E-state index is -0.993. The molecule has 2 aliphatic heterocycles. The molecule has 0 aliphatic carbocycles. The van der Waals surface area contributed by atoms with Gasteiger partial charge in [-0.2, -0.15) is 9.97 Å². The lowest BCUT2D eigenvalue weighted by atomic mass is 10.1. The SMILES string of the molecule is COCCN(CCOC)c1nc(N2CCc3oc(C)nc3C2)c2nc(N(CCOC)Cc3ccc(C(=O)O)cc3)nc(N3CCN(C)C(=O)C3)c2n1. The van der Waals surface area contributed by atoms with E-state index in [2.05, 4.69) is 9.88 Å². The number of oxazole rings is 1. The number of anilines is 4. The maximum atomic E-state index is 13.1. The van der Waals surface area contributed by atoms with Gasteiger partial charge in [-0.1, -0.05) is 12.1 Å². The second kappa shape index (κ2) is 16.5. The summed E-state index contributed by atoms with van der Waals surface area (Å²) in [4.78, 5) is 59.8. The summed E-state index contributed by atoms with van der Waals surface area (Å²) in [5, 5.41) is 9.45. The summed E-state index contributed by atoms with van der Waals surface area (Å²) in [6.07, 6.45) is 0.637. The molecule has 17 nitrogen and oxygen atoms in total. The molecule has 3 aromatic heterocycles. The van der Waals surface area contributed by atoms with E-state index in [9.17, 15) is 14.7 Å². The number of ether oxygens (including phenoxy) is 3. The number of carbonyl (C=O) groups is 2. The van der Waals surface area contributed by atoms with Gasteiger partial charge in [0.1, 0.15) is 22.5 Å². The number of aromatic carboxylic acids is 1. The molecule has 2 aliphatic rings. The Morgan fingerprint density at radius 3 is 1.96 bits per heavy atom. The molecule has 52 heavy (non-hydrogen) atoms. The third-order valence-corrected chi connectivity index (χ3v) is 9.21. The molecule has 0 atom stereocenters. The normalized spacial score (nSPS) is 14.6. The van der Waals surface area contributed by atoms with Crippen molar-refractivity contribution < 1.29 is 33.3 Å². The molecule has 1 saturated heterocycles. The maximum absolute atomic E-state index is 13.1. The summed E-state index contributed by atoms with van der Waals surface area (Å²) < 4.78 is 22.3. The van der Waals surface area contributed by atoms with Crippen molar-refractivity contribution in [2.75, 3.05) is 114 Å². The lowest BCUT2D eigenvalue weighted by Gasteiger charge is -2.34. The molecular weight excluding hydrogens is 672 g/mol. The first-order valence-electron chi connectivity index (χ1n) is 17.3. The molecule has 4 aromatic rings. The predicted molar refractivity (Wildman–Crippen MR) is 193 cm³/mol. The molecule has 6 rings (SSSR count). The molecule has 0 unspecified atom stereocenters. The number of hydrogen-bond donors (Lipinski definition) is 1. The first-order valence-corrected chi connectivity index (χ1v) is 17.3. The Bertz CT molecular complexity index is 1860. The molecule has 0 radical (unpaired) electrons. The van der Waals surface area contributed by atoms with Gasteiger partial charge >= 0.3 is 5.97 Å². The molecular formula is C35H46N10O7. The largest absolute Gasteiger partial charge is 0.478 e. The van der Waals surface area contributed by atoms with Crippen LogP contribution in [0.15, 0.2) is 28.7 Å². The molecule has 1 fully saturated rings. The number of carbonyl (C=O) groups excluding carboxylic acids is 1. The van der Waals surface area contributed by atoms with Crippen molar-refractivity contribution in [3.05, 3.63) is 52.7 Å². The predicted octanol–water partition coefficient (Wildman–Crippen LogP) is 2.01. The summed E-state index contributed by atoms with van der Waals surface area (Å²) in [5.41, 5.74) is 2.95. The van der Waals surface area contributed by atoms with E-state index in [0.29, 0.717) is 119 Å². The first-order chi connectivity index (χ1) is 25.2. The summed E-state index contributed by atoms with van der Waals surface area (Å²) in [6, 6.07) is 6.73. The summed E-state index contributed by atoms with van der Waals surface area (Å²) in [5.74, 6) is 2.44. The van der Waals surface area contributed by atoms with Gasteiger partial charge in [0.05, 0.1) is 38.5 Å². The van der Waals surface area contributed by atoms with Crippen LogP contribution in [0.25, 0.3) is 11.0 Å². The second-order valence-corrected chi connectivity index (χ2v) is 12.8. The van der Waals surface area contributed by atoms with Crippen LogP contribution in [0.3, 0.4) is 0 Å². The van der Waals surface area contributed by atoms with Crippen LogP contribution in [0.2, 0.25) is 0 Å². The number of aromatic nitrogens is 5. The van der Waals surface area contributed by atoms with Crippen LogP contribution in [-0.2, 0) is 38.5 Å². The number of nitrogens with zero attached hydrogens (tertiary/aromatic N) is 10. The number of fused-ring (bicyclic) bond motifs is 2. The highest BCUT2D eigenvalue weighted by molar-refractivity contribution is 5.96. The van der Waals surface area contributed by atoms with Gasteiger partial charge in [-0.05, 0) is 17.7 Å². The fourth-order valence-corrected chi connectivity index (χ4v) is 6.27. The van der Waals surface area contributed by atoms with E-state index in [4.69, 9.17) is 38.6 Å². The van der Waals surface area contributed by atoms with E-state index in [-0.39, 0.29) is 18.0 Å². The Hall–Kier alpha value is -5.13. The topological polar surface area (TPSA) is 176 Å². The third kappa shape index (κ3) is 8.16. The number of aryl methyl sites for hydroxylation is 1. The number of amides is 1. The lowest BCUT2D eigenvalue weighted by molar-refractivity contribution is -0.129. The van der Waals surface area contributed by atoms with Crippen LogP contribution in [-0.4, -0.2) is 141 Å². The number of carboxylic acids is 1. The van der Waals surface area contributed by atoms with Crippen molar-refractivity contribution in [1.29, 1.82) is 0 Å². The Morgan fingerprint density at radius 1 is 0.808 bits per heavy atom. The molecule has 0 bridgehead atoms. The van der Waals surface area contributed by atoms with Gasteiger partial charge in [-0.15, -0.1) is 0 Å². The molecule has 0 spiro atoms. The third-order valence-electron chi connectivity index (χ3n) is 9.21. The Morgan fingerprint density at radius 2 is 1.38 bits per heavy atom. The zero-order valence-electron chi connectivity index (χ0n) is 30.4. The van der Waals surface area contributed by atoms with Gasteiger partial charge in [0, 0.05) is 87.5 Å². The van der Waals surface area contributed by atoms with Crippen LogP contribution < -0.4 is 19.6 Å². The fraction of sp³-hybridized carbons (Fsp3) is 0.514. The standard InChI is InChI=1S/C35H46N10O7/c1-23-36-26-21-43(11-10-27(26)52-23)31-29-30(37-34(39-31)42(14-17-49-3)15-18-50-4)32(44-13-12-41(2)28(46)22-44)40-35(38-29)45(16-19-51-5)20-24-6-8-25(9-7-24)33(47)48/h6-9H,10-22H2,1-5H3,(H,47,48). The van der Waals surface area contributed by atoms with E-state index < -0.39 is 5.97 Å². The van der Waals surface area contributed by atoms with Gasteiger partial charge < -0.3 is 48.2 Å². The monoisotopic (exact) mass is 718 g/mol. The van der Waals surface area contributed by atoms with Crippen molar-refractivity contribution in [3.63, 3.8) is 0 Å². The number of hydrogen-bond acceptors (Lipinski definition) is 15. The van der Waals surface area contributed by atoms with Crippen molar-refractivity contribution in [2.24, 2.45) is 0 Å². The molecule has 1 amide bonds. The summed E-state index contributed by atoms with van der Waals surface area (Å²) >= 11 is 0. The van der Waals surface area contributed by atoms with E-state index in [1.807, 2.05) is 21.6 Å². The average molecular weight is 719 g/mol. The minimum Gasteiger partial charge on any atom is -0.478 e. The van der Waals surface area contributed by atoms with Gasteiger partial charge in [-0.3, -0.25) is 4.79 Å². The molecule has 1 N–H and O–H groups in total. The van der Waals surface area contributed by atoms with Gasteiger partial charge in [0.15, 0.2) is 17.5 Å². The summed E-state index contributed by atoms with van der Waals surface area (Å²) in [7, 11) is 6.73. The van der Waals surface area contributed by atoms with Gasteiger partial charge in [0.2, 0.25) is 17.8 Å². The van der Waals surface area contributed by atoms with Crippen LogP contribution in [0.4, 0.5) is 23.5 Å².